The van der Waals surface area contributed by atoms with Crippen molar-refractivity contribution in [1.82, 2.24) is 0 Å². The van der Waals surface area contributed by atoms with E-state index in [1.807, 2.05) is 0 Å². The largest absolute Gasteiger partial charge is 0.489 e. The van der Waals surface area contributed by atoms with Gasteiger partial charge in [-0.25, -0.2) is 0 Å². The van der Waals surface area contributed by atoms with Crippen molar-refractivity contribution in [3.05, 3.63) is 60.7 Å². The molecule has 0 heterocycles. The Hall–Kier alpha value is -1.54. The molecule has 0 aromatic heterocycles. The van der Waals surface area contributed by atoms with Gasteiger partial charge in [-0.3, -0.25) is 0 Å². The van der Waals surface area contributed by atoms with Gasteiger partial charge in [-0.2, -0.15) is 0 Å². The summed E-state index contributed by atoms with van der Waals surface area (Å²) in [6.45, 7) is 6.45. The molecular weight excluding hydrogens is 360 g/mol. The first-order valence-electron chi connectivity index (χ1n) is 8.86. The smallest absolute Gasteiger partial charge is 0.141 e. The summed E-state index contributed by atoms with van der Waals surface area (Å²) in [5.74, 6) is 0.980. The van der Waals surface area contributed by atoms with Crippen LogP contribution in [0, 0.1) is 10.4 Å². The predicted octanol–water partition coefficient (Wildman–Crippen LogP) is 4.37. The van der Waals surface area contributed by atoms with Crippen LogP contribution in [-0.2, 0) is 12.8 Å². The molecule has 0 spiro atoms. The molecule has 0 N–H and O–H groups in total. The zero-order valence-electron chi connectivity index (χ0n) is 14.6. The third-order valence-electron chi connectivity index (χ3n) is 5.17. The van der Waals surface area contributed by atoms with Gasteiger partial charge in [0.1, 0.15) is 5.75 Å². The van der Waals surface area contributed by atoms with Crippen LogP contribution in [0.2, 0.25) is 0 Å². The maximum Gasteiger partial charge on any atom is 0.141 e. The van der Waals surface area contributed by atoms with Gasteiger partial charge >= 0.3 is 0 Å². The van der Waals surface area contributed by atoms with E-state index in [0.717, 1.165) is 16.6 Å². The quantitative estimate of drug-likeness (QED) is 0.749. The van der Waals surface area contributed by atoms with Crippen LogP contribution in [0.25, 0.3) is 11.6 Å². The van der Waals surface area contributed by atoms with Crippen molar-refractivity contribution in [2.24, 2.45) is 0 Å². The fourth-order valence-corrected chi connectivity index (χ4v) is 4.54. The third kappa shape index (κ3) is 2.52. The Labute approximate surface area is 151 Å². The van der Waals surface area contributed by atoms with Crippen molar-refractivity contribution >= 4 is 27.6 Å². The van der Waals surface area contributed by atoms with Crippen LogP contribution < -0.4 is 15.2 Å². The van der Waals surface area contributed by atoms with Crippen molar-refractivity contribution in [2.75, 3.05) is 0 Å². The van der Waals surface area contributed by atoms with Crippen LogP contribution in [0.1, 0.15) is 44.7 Å². The molecule has 24 heavy (non-hydrogen) atoms. The SMILES string of the molecule is CC1=c2ccc3c(c2CCC1)CC=c1c(OC(C)C)c(Br)ccc1=3. The maximum atomic E-state index is 6.11. The zero-order valence-corrected chi connectivity index (χ0v) is 16.2. The number of ether oxygens (including phenoxy) is 1. The Morgan fingerprint density at radius 1 is 0.958 bits per heavy atom. The standard InChI is InChI=1S/C22H23BrO/c1-13(2)24-22-20-10-9-17-16-6-4-5-14(3)15(16)7-8-18(17)19(20)11-12-21(22)23/h7-8,10-13H,4-6,9H2,1-3H3. The van der Waals surface area contributed by atoms with E-state index in [0.29, 0.717) is 0 Å². The molecule has 2 aliphatic carbocycles. The Morgan fingerprint density at radius 2 is 1.71 bits per heavy atom. The molecule has 2 heteroatoms. The highest BCUT2D eigenvalue weighted by molar-refractivity contribution is 9.10. The lowest BCUT2D eigenvalue weighted by Gasteiger charge is -2.20. The van der Waals surface area contributed by atoms with Crippen LogP contribution in [0.3, 0.4) is 0 Å². The summed E-state index contributed by atoms with van der Waals surface area (Å²) >= 11 is 3.66. The summed E-state index contributed by atoms with van der Waals surface area (Å²) < 4.78 is 7.14. The van der Waals surface area contributed by atoms with Gasteiger partial charge in [0.15, 0.2) is 0 Å². The molecule has 0 unspecified atom stereocenters. The summed E-state index contributed by atoms with van der Waals surface area (Å²) in [6.07, 6.45) is 7.26. The minimum atomic E-state index is 0.170. The molecule has 2 aromatic carbocycles. The topological polar surface area (TPSA) is 9.23 Å². The van der Waals surface area contributed by atoms with Gasteiger partial charge in [0.2, 0.25) is 0 Å². The van der Waals surface area contributed by atoms with E-state index in [9.17, 15) is 0 Å². The molecule has 2 aromatic rings. The van der Waals surface area contributed by atoms with Gasteiger partial charge in [0, 0.05) is 5.22 Å². The number of halogens is 1. The van der Waals surface area contributed by atoms with Crippen LogP contribution in [0.4, 0.5) is 0 Å². The molecule has 0 amide bonds. The van der Waals surface area contributed by atoms with E-state index in [2.05, 4.69) is 67.0 Å². The second-order valence-electron chi connectivity index (χ2n) is 7.16. The molecule has 0 fully saturated rings. The van der Waals surface area contributed by atoms with Crippen molar-refractivity contribution < 1.29 is 4.74 Å². The fourth-order valence-electron chi connectivity index (χ4n) is 4.10. The number of rotatable bonds is 2. The predicted molar refractivity (Wildman–Crippen MR) is 103 cm³/mol. The van der Waals surface area contributed by atoms with Gasteiger partial charge in [0.05, 0.1) is 10.6 Å². The molecule has 1 nitrogen and oxygen atoms in total. The molecule has 0 aliphatic heterocycles. The molecule has 124 valence electrons. The average molecular weight is 383 g/mol. The van der Waals surface area contributed by atoms with Crippen LogP contribution in [0.15, 0.2) is 28.7 Å². The number of hydrogen-bond donors (Lipinski definition) is 0. The maximum absolute atomic E-state index is 6.11. The number of benzene rings is 2. The molecule has 0 saturated heterocycles. The monoisotopic (exact) mass is 382 g/mol. The van der Waals surface area contributed by atoms with E-state index < -0.39 is 0 Å². The first-order chi connectivity index (χ1) is 11.6. The minimum Gasteiger partial charge on any atom is -0.489 e. The molecule has 2 aliphatic rings. The van der Waals surface area contributed by atoms with Crippen molar-refractivity contribution in [1.29, 1.82) is 0 Å². The highest BCUT2D eigenvalue weighted by atomic mass is 79.9. The lowest BCUT2D eigenvalue weighted by molar-refractivity contribution is 0.238. The van der Waals surface area contributed by atoms with Crippen LogP contribution in [-0.4, -0.2) is 6.10 Å². The average Bonchev–Trinajstić information content (AvgIpc) is 2.56. The first kappa shape index (κ1) is 16.0. The second-order valence-corrected chi connectivity index (χ2v) is 8.02. The summed E-state index contributed by atoms with van der Waals surface area (Å²) in [5.41, 5.74) is 4.65. The van der Waals surface area contributed by atoms with E-state index in [-0.39, 0.29) is 6.10 Å². The normalized spacial score (nSPS) is 15.5. The molecule has 0 saturated carbocycles. The summed E-state index contributed by atoms with van der Waals surface area (Å²) in [7, 11) is 0. The van der Waals surface area contributed by atoms with Crippen molar-refractivity contribution in [2.45, 2.75) is 52.6 Å². The summed E-state index contributed by atoms with van der Waals surface area (Å²) in [5, 5.41) is 5.43. The van der Waals surface area contributed by atoms with Gasteiger partial charge < -0.3 is 4.74 Å². The fraction of sp³-hybridized carbons (Fsp3) is 0.364. The van der Waals surface area contributed by atoms with Gasteiger partial charge in [0.25, 0.3) is 0 Å². The molecule has 4 rings (SSSR count). The van der Waals surface area contributed by atoms with Crippen LogP contribution >= 0.6 is 15.9 Å². The van der Waals surface area contributed by atoms with E-state index in [4.69, 9.17) is 4.74 Å². The number of hydrogen-bond acceptors (Lipinski definition) is 1. The van der Waals surface area contributed by atoms with E-state index >= 15 is 0 Å². The van der Waals surface area contributed by atoms with Crippen molar-refractivity contribution in [3.63, 3.8) is 0 Å². The van der Waals surface area contributed by atoms with Gasteiger partial charge in [-0.15, -0.1) is 0 Å². The lowest BCUT2D eigenvalue weighted by atomic mass is 9.86. The van der Waals surface area contributed by atoms with Crippen LogP contribution in [0.5, 0.6) is 5.75 Å². The molecule has 0 atom stereocenters. The van der Waals surface area contributed by atoms with E-state index in [1.165, 1.54) is 45.7 Å². The number of fused-ring (bicyclic) bond motifs is 4. The molecular formula is C22H23BrO. The van der Waals surface area contributed by atoms with E-state index in [1.54, 1.807) is 11.1 Å². The zero-order chi connectivity index (χ0) is 16.8. The summed E-state index contributed by atoms with van der Waals surface area (Å²) in [6, 6.07) is 9.01. The highest BCUT2D eigenvalue weighted by Gasteiger charge is 2.16. The Balaban J connectivity index is 2.11. The molecule has 0 bridgehead atoms. The van der Waals surface area contributed by atoms with Gasteiger partial charge in [-0.1, -0.05) is 29.8 Å². The summed E-state index contributed by atoms with van der Waals surface area (Å²) in [4.78, 5) is 0. The molecule has 0 radical (unpaired) electrons. The first-order valence-corrected chi connectivity index (χ1v) is 9.66. The highest BCUT2D eigenvalue weighted by Crippen LogP contribution is 2.25. The lowest BCUT2D eigenvalue weighted by Crippen LogP contribution is -2.23. The third-order valence-corrected chi connectivity index (χ3v) is 5.80. The van der Waals surface area contributed by atoms with Crippen molar-refractivity contribution in [3.8, 4) is 5.75 Å². The Kier molecular flexibility index (Phi) is 4.04. The minimum absolute atomic E-state index is 0.170. The Bertz CT molecular complexity index is 1030. The Morgan fingerprint density at radius 3 is 2.50 bits per heavy atom. The van der Waals surface area contributed by atoms with Gasteiger partial charge in [-0.05, 0) is 95.2 Å². The second kappa shape index (κ2) is 6.07.